The van der Waals surface area contributed by atoms with Gasteiger partial charge in [-0.3, -0.25) is 4.79 Å². The Morgan fingerprint density at radius 3 is 1.74 bits per heavy atom. The highest BCUT2D eigenvalue weighted by Gasteiger charge is 2.13. The number of carbonyl (C=O) groups excluding carboxylic acids is 1. The molecule has 27 heavy (non-hydrogen) atoms. The first kappa shape index (κ1) is 23.5. The second-order valence-electron chi connectivity index (χ2n) is 7.48. The van der Waals surface area contributed by atoms with E-state index in [0.29, 0.717) is 23.5 Å². The maximum Gasteiger partial charge on any atom is 0.166 e. The molecule has 1 rings (SSSR count). The first-order valence-electron chi connectivity index (χ1n) is 11.0. The Morgan fingerprint density at radius 2 is 1.26 bits per heavy atom. The lowest BCUT2D eigenvalue weighted by atomic mass is 10.0. The average Bonchev–Trinajstić information content (AvgIpc) is 2.70. The van der Waals surface area contributed by atoms with Gasteiger partial charge < -0.3 is 9.47 Å². The van der Waals surface area contributed by atoms with Gasteiger partial charge >= 0.3 is 0 Å². The SMILES string of the molecule is CCCCCCCCCCCCCCCC(=O)c1cc(OC)ccc1OC. The monoisotopic (exact) mass is 376 g/mol. The molecule has 0 aromatic heterocycles. The van der Waals surface area contributed by atoms with Crippen LogP contribution in [0.3, 0.4) is 0 Å². The lowest BCUT2D eigenvalue weighted by molar-refractivity contribution is 0.0975. The third-order valence-electron chi connectivity index (χ3n) is 5.21. The van der Waals surface area contributed by atoms with Crippen LogP contribution in [0.15, 0.2) is 18.2 Å². The van der Waals surface area contributed by atoms with E-state index < -0.39 is 0 Å². The number of unbranched alkanes of at least 4 members (excludes halogenated alkanes) is 12. The van der Waals surface area contributed by atoms with Crippen molar-refractivity contribution >= 4 is 5.78 Å². The van der Waals surface area contributed by atoms with Crippen LogP contribution in [0.4, 0.5) is 0 Å². The number of Topliss-reactive ketones (excluding diaryl/α,β-unsaturated/α-hetero) is 1. The molecule has 0 unspecified atom stereocenters. The van der Waals surface area contributed by atoms with Crippen molar-refractivity contribution in [2.45, 2.75) is 96.8 Å². The Kier molecular flexibility index (Phi) is 13.5. The molecule has 0 radical (unpaired) electrons. The number of benzene rings is 1. The van der Waals surface area contributed by atoms with Gasteiger partial charge in [-0.2, -0.15) is 0 Å². The summed E-state index contributed by atoms with van der Waals surface area (Å²) in [5.41, 5.74) is 0.635. The molecule has 3 heteroatoms. The summed E-state index contributed by atoms with van der Waals surface area (Å²) in [5, 5.41) is 0. The van der Waals surface area contributed by atoms with Crippen LogP contribution in [0.5, 0.6) is 11.5 Å². The second kappa shape index (κ2) is 15.5. The van der Waals surface area contributed by atoms with Gasteiger partial charge in [0.15, 0.2) is 5.78 Å². The van der Waals surface area contributed by atoms with E-state index >= 15 is 0 Å². The first-order chi connectivity index (χ1) is 13.2. The Balaban J connectivity index is 2.06. The van der Waals surface area contributed by atoms with Crippen LogP contribution < -0.4 is 9.47 Å². The average molecular weight is 377 g/mol. The van der Waals surface area contributed by atoms with Crippen molar-refractivity contribution in [2.75, 3.05) is 14.2 Å². The molecule has 0 heterocycles. The van der Waals surface area contributed by atoms with Crippen LogP contribution in [0.1, 0.15) is 107 Å². The highest BCUT2D eigenvalue weighted by molar-refractivity contribution is 5.99. The molecular weight excluding hydrogens is 336 g/mol. The molecule has 0 atom stereocenters. The maximum absolute atomic E-state index is 12.5. The minimum atomic E-state index is 0.147. The van der Waals surface area contributed by atoms with E-state index in [-0.39, 0.29) is 5.78 Å². The molecule has 0 N–H and O–H groups in total. The topological polar surface area (TPSA) is 35.5 Å². The zero-order valence-corrected chi connectivity index (χ0v) is 17.9. The molecule has 0 bridgehead atoms. The highest BCUT2D eigenvalue weighted by atomic mass is 16.5. The first-order valence-corrected chi connectivity index (χ1v) is 11.0. The Labute approximate surface area is 166 Å². The molecule has 0 fully saturated rings. The van der Waals surface area contributed by atoms with Gasteiger partial charge in [-0.05, 0) is 24.6 Å². The lowest BCUT2D eigenvalue weighted by Crippen LogP contribution is -2.03. The zero-order valence-electron chi connectivity index (χ0n) is 17.9. The molecule has 0 saturated carbocycles. The molecule has 154 valence electrons. The van der Waals surface area contributed by atoms with E-state index in [1.54, 1.807) is 26.4 Å². The molecular formula is C24H40O3. The fraction of sp³-hybridized carbons (Fsp3) is 0.708. The Hall–Kier alpha value is -1.51. The number of ketones is 1. The van der Waals surface area contributed by atoms with Crippen LogP contribution >= 0.6 is 0 Å². The van der Waals surface area contributed by atoms with Crippen molar-refractivity contribution in [3.63, 3.8) is 0 Å². The van der Waals surface area contributed by atoms with Crippen LogP contribution in [0.25, 0.3) is 0 Å². The standard InChI is InChI=1S/C24H40O3/c1-4-5-6-7-8-9-10-11-12-13-14-15-16-17-23(25)22-20-21(26-2)18-19-24(22)27-3/h18-20H,4-17H2,1-3H3. The summed E-state index contributed by atoms with van der Waals surface area (Å²) in [5.74, 6) is 1.48. The number of ether oxygens (including phenoxy) is 2. The molecule has 0 aliphatic rings. The van der Waals surface area contributed by atoms with E-state index in [9.17, 15) is 4.79 Å². The fourth-order valence-corrected chi connectivity index (χ4v) is 3.47. The maximum atomic E-state index is 12.5. The van der Waals surface area contributed by atoms with E-state index in [1.807, 2.05) is 6.07 Å². The molecule has 0 aliphatic heterocycles. The number of hydrogen-bond acceptors (Lipinski definition) is 3. The molecule has 0 saturated heterocycles. The third kappa shape index (κ3) is 10.4. The quantitative estimate of drug-likeness (QED) is 0.210. The van der Waals surface area contributed by atoms with Crippen LogP contribution in [-0.2, 0) is 0 Å². The summed E-state index contributed by atoms with van der Waals surface area (Å²) >= 11 is 0. The van der Waals surface area contributed by atoms with Crippen LogP contribution in [-0.4, -0.2) is 20.0 Å². The number of carbonyl (C=O) groups is 1. The van der Waals surface area contributed by atoms with Crippen molar-refractivity contribution < 1.29 is 14.3 Å². The van der Waals surface area contributed by atoms with Gasteiger partial charge in [-0.1, -0.05) is 84.0 Å². The largest absolute Gasteiger partial charge is 0.497 e. The van der Waals surface area contributed by atoms with E-state index in [0.717, 1.165) is 12.8 Å². The van der Waals surface area contributed by atoms with Gasteiger partial charge in [0.2, 0.25) is 0 Å². The van der Waals surface area contributed by atoms with Crippen molar-refractivity contribution in [3.8, 4) is 11.5 Å². The van der Waals surface area contributed by atoms with E-state index in [2.05, 4.69) is 6.92 Å². The number of hydrogen-bond donors (Lipinski definition) is 0. The summed E-state index contributed by atoms with van der Waals surface area (Å²) in [7, 11) is 3.21. The molecule has 1 aromatic rings. The summed E-state index contributed by atoms with van der Waals surface area (Å²) < 4.78 is 10.5. The van der Waals surface area contributed by atoms with Crippen molar-refractivity contribution in [1.29, 1.82) is 0 Å². The molecule has 0 amide bonds. The van der Waals surface area contributed by atoms with Gasteiger partial charge in [0.1, 0.15) is 11.5 Å². The van der Waals surface area contributed by atoms with Crippen molar-refractivity contribution in [1.82, 2.24) is 0 Å². The lowest BCUT2D eigenvalue weighted by Gasteiger charge is -2.09. The van der Waals surface area contributed by atoms with Gasteiger partial charge in [0.05, 0.1) is 19.8 Å². The molecule has 0 spiro atoms. The molecule has 3 nitrogen and oxygen atoms in total. The summed E-state index contributed by atoms with van der Waals surface area (Å²) in [6, 6.07) is 5.40. The minimum Gasteiger partial charge on any atom is -0.497 e. The van der Waals surface area contributed by atoms with Gasteiger partial charge in [0.25, 0.3) is 0 Å². The van der Waals surface area contributed by atoms with Gasteiger partial charge in [-0.25, -0.2) is 0 Å². The zero-order chi connectivity index (χ0) is 19.7. The normalized spacial score (nSPS) is 10.8. The van der Waals surface area contributed by atoms with Gasteiger partial charge in [-0.15, -0.1) is 0 Å². The smallest absolute Gasteiger partial charge is 0.166 e. The highest BCUT2D eigenvalue weighted by Crippen LogP contribution is 2.26. The summed E-state index contributed by atoms with van der Waals surface area (Å²) in [6.45, 7) is 2.27. The van der Waals surface area contributed by atoms with E-state index in [4.69, 9.17) is 9.47 Å². The predicted octanol–water partition coefficient (Wildman–Crippen LogP) is 7.37. The van der Waals surface area contributed by atoms with Gasteiger partial charge in [0, 0.05) is 6.42 Å². The minimum absolute atomic E-state index is 0.147. The summed E-state index contributed by atoms with van der Waals surface area (Å²) in [4.78, 5) is 12.5. The Bertz CT molecular complexity index is 510. The fourth-order valence-electron chi connectivity index (χ4n) is 3.47. The number of rotatable bonds is 17. The van der Waals surface area contributed by atoms with Crippen LogP contribution in [0.2, 0.25) is 0 Å². The molecule has 1 aromatic carbocycles. The van der Waals surface area contributed by atoms with Crippen LogP contribution in [0, 0.1) is 0 Å². The predicted molar refractivity (Wildman–Crippen MR) is 114 cm³/mol. The molecule has 0 aliphatic carbocycles. The van der Waals surface area contributed by atoms with Crippen molar-refractivity contribution in [3.05, 3.63) is 23.8 Å². The number of methoxy groups -OCH3 is 2. The second-order valence-corrected chi connectivity index (χ2v) is 7.48. The third-order valence-corrected chi connectivity index (χ3v) is 5.21. The Morgan fingerprint density at radius 1 is 0.741 bits per heavy atom. The summed E-state index contributed by atoms with van der Waals surface area (Å²) in [6.07, 6.45) is 17.7. The van der Waals surface area contributed by atoms with Crippen molar-refractivity contribution in [2.24, 2.45) is 0 Å². The van der Waals surface area contributed by atoms with E-state index in [1.165, 1.54) is 70.6 Å².